The summed E-state index contributed by atoms with van der Waals surface area (Å²) in [6, 6.07) is 12.4. The van der Waals surface area contributed by atoms with Gasteiger partial charge in [0.1, 0.15) is 6.54 Å². The topological polar surface area (TPSA) is 55.2 Å². The minimum Gasteiger partial charge on any atom is -0.493 e. The number of carbonyl (C=O) groups is 1. The second-order valence-corrected chi connectivity index (χ2v) is 8.84. The summed E-state index contributed by atoms with van der Waals surface area (Å²) in [4.78, 5) is 16.3. The van der Waals surface area contributed by atoms with E-state index >= 15 is 0 Å². The molecule has 6 heteroatoms. The van der Waals surface area contributed by atoms with E-state index in [1.165, 1.54) is 34.6 Å². The number of carbonyl (C=O) groups excluding carboxylic acids is 1. The number of quaternary nitrogens is 1. The van der Waals surface area contributed by atoms with E-state index in [1.54, 1.807) is 14.2 Å². The van der Waals surface area contributed by atoms with Crippen molar-refractivity contribution in [3.05, 3.63) is 47.5 Å². The molecule has 4 rings (SSSR count). The molecule has 0 aliphatic carbocycles. The van der Waals surface area contributed by atoms with E-state index in [9.17, 15) is 4.79 Å². The molecule has 2 N–H and O–H groups in total. The molecule has 1 unspecified atom stereocenters. The van der Waals surface area contributed by atoms with Crippen molar-refractivity contribution in [1.29, 1.82) is 0 Å². The summed E-state index contributed by atoms with van der Waals surface area (Å²) >= 11 is 0. The van der Waals surface area contributed by atoms with Crippen molar-refractivity contribution in [2.75, 3.05) is 50.6 Å². The van der Waals surface area contributed by atoms with E-state index in [4.69, 9.17) is 9.47 Å². The highest BCUT2D eigenvalue weighted by molar-refractivity contribution is 5.91. The Morgan fingerprint density at radius 1 is 1.06 bits per heavy atom. The lowest BCUT2D eigenvalue weighted by Crippen LogP contribution is -3.12. The van der Waals surface area contributed by atoms with E-state index < -0.39 is 0 Å². The summed E-state index contributed by atoms with van der Waals surface area (Å²) in [6.45, 7) is 6.76. The molecule has 2 aromatic carbocycles. The van der Waals surface area contributed by atoms with Gasteiger partial charge in [-0.2, -0.15) is 0 Å². The molecule has 31 heavy (non-hydrogen) atoms. The van der Waals surface area contributed by atoms with Gasteiger partial charge in [0.05, 0.1) is 20.8 Å². The van der Waals surface area contributed by atoms with Crippen molar-refractivity contribution in [2.45, 2.75) is 32.7 Å². The maximum Gasteiger partial charge on any atom is 0.279 e. The molecule has 0 saturated carbocycles. The van der Waals surface area contributed by atoms with Gasteiger partial charge in [0.2, 0.25) is 0 Å². The van der Waals surface area contributed by atoms with Gasteiger partial charge in [0.15, 0.2) is 18.0 Å². The van der Waals surface area contributed by atoms with Gasteiger partial charge in [0.25, 0.3) is 5.91 Å². The lowest BCUT2D eigenvalue weighted by molar-refractivity contribution is -0.907. The van der Waals surface area contributed by atoms with Gasteiger partial charge in [-0.15, -0.1) is 0 Å². The number of piperidine rings is 1. The monoisotopic (exact) mass is 424 g/mol. The molecule has 0 radical (unpaired) electrons. The number of rotatable bonds is 6. The summed E-state index contributed by atoms with van der Waals surface area (Å²) in [6.07, 6.45) is 3.43. The second-order valence-electron chi connectivity index (χ2n) is 8.84. The molecule has 0 aromatic heterocycles. The maximum absolute atomic E-state index is 12.7. The predicted octanol–water partition coefficient (Wildman–Crippen LogP) is 2.52. The van der Waals surface area contributed by atoms with Gasteiger partial charge in [-0.25, -0.2) is 0 Å². The number of benzene rings is 2. The molecule has 0 bridgehead atoms. The summed E-state index contributed by atoms with van der Waals surface area (Å²) in [5.74, 6) is 2.39. The lowest BCUT2D eigenvalue weighted by atomic mass is 9.98. The fourth-order valence-electron chi connectivity index (χ4n) is 4.64. The molecular weight excluding hydrogens is 390 g/mol. The number of hydrogen-bond acceptors (Lipinski definition) is 4. The van der Waals surface area contributed by atoms with E-state index in [2.05, 4.69) is 35.3 Å². The van der Waals surface area contributed by atoms with Gasteiger partial charge in [-0.05, 0) is 60.7 Å². The number of methoxy groups -OCH3 is 2. The fraction of sp³-hybridized carbons (Fsp3) is 0.480. The second kappa shape index (κ2) is 9.60. The Morgan fingerprint density at radius 2 is 1.71 bits per heavy atom. The first-order valence-electron chi connectivity index (χ1n) is 11.3. The first-order valence-corrected chi connectivity index (χ1v) is 11.3. The molecule has 2 aliphatic heterocycles. The molecule has 166 valence electrons. The Balaban J connectivity index is 1.32. The van der Waals surface area contributed by atoms with Gasteiger partial charge in [0, 0.05) is 36.4 Å². The van der Waals surface area contributed by atoms with E-state index in [0.717, 1.165) is 55.7 Å². The van der Waals surface area contributed by atoms with Crippen LogP contribution in [0.4, 0.5) is 11.4 Å². The number of amides is 1. The van der Waals surface area contributed by atoms with Crippen molar-refractivity contribution < 1.29 is 19.2 Å². The minimum atomic E-state index is 0.0541. The summed E-state index contributed by atoms with van der Waals surface area (Å²) < 4.78 is 10.9. The van der Waals surface area contributed by atoms with Crippen LogP contribution < -0.4 is 24.6 Å². The molecule has 0 spiro atoms. The van der Waals surface area contributed by atoms with Gasteiger partial charge in [-0.3, -0.25) is 4.79 Å². The molecule has 6 nitrogen and oxygen atoms in total. The smallest absolute Gasteiger partial charge is 0.279 e. The van der Waals surface area contributed by atoms with E-state index in [-0.39, 0.29) is 5.91 Å². The molecule has 2 heterocycles. The Morgan fingerprint density at radius 3 is 2.35 bits per heavy atom. The highest BCUT2D eigenvalue weighted by Crippen LogP contribution is 2.31. The van der Waals surface area contributed by atoms with Crippen LogP contribution in [0.2, 0.25) is 0 Å². The highest BCUT2D eigenvalue weighted by Gasteiger charge is 2.24. The van der Waals surface area contributed by atoms with Gasteiger partial charge in [-0.1, -0.05) is 6.92 Å². The van der Waals surface area contributed by atoms with Crippen molar-refractivity contribution in [3.8, 4) is 11.5 Å². The fourth-order valence-corrected chi connectivity index (χ4v) is 4.64. The molecular formula is C25H34N3O3+. The first-order chi connectivity index (χ1) is 15.1. The number of anilines is 2. The van der Waals surface area contributed by atoms with Crippen LogP contribution in [-0.2, 0) is 17.8 Å². The third kappa shape index (κ3) is 5.13. The van der Waals surface area contributed by atoms with Crippen molar-refractivity contribution in [3.63, 3.8) is 0 Å². The Kier molecular flexibility index (Phi) is 6.66. The highest BCUT2D eigenvalue weighted by atomic mass is 16.5. The number of hydrogen-bond donors (Lipinski definition) is 2. The largest absolute Gasteiger partial charge is 0.493 e. The Labute approximate surface area is 185 Å². The van der Waals surface area contributed by atoms with Crippen LogP contribution in [0.5, 0.6) is 11.5 Å². The van der Waals surface area contributed by atoms with Crippen LogP contribution in [0, 0.1) is 5.92 Å². The third-order valence-corrected chi connectivity index (χ3v) is 6.60. The third-order valence-electron chi connectivity index (χ3n) is 6.60. The summed E-state index contributed by atoms with van der Waals surface area (Å²) in [5, 5.41) is 3.07. The Hall–Kier alpha value is -2.73. The Bertz CT molecular complexity index is 905. The van der Waals surface area contributed by atoms with Crippen LogP contribution in [0.3, 0.4) is 0 Å². The van der Waals surface area contributed by atoms with E-state index in [1.807, 2.05) is 18.2 Å². The van der Waals surface area contributed by atoms with Crippen LogP contribution in [0.1, 0.15) is 30.9 Å². The predicted molar refractivity (Wildman–Crippen MR) is 123 cm³/mol. The standard InChI is InChI=1S/C25H33N3O3/c1-18-8-12-28(13-9-18)22-6-4-21(5-7-22)26-25(29)17-27-11-10-19-14-23(30-2)24(31-3)15-20(19)16-27/h4-7,14-15,18H,8-13,16-17H2,1-3H3,(H,26,29)/p+1. The van der Waals surface area contributed by atoms with Gasteiger partial charge >= 0.3 is 0 Å². The van der Waals surface area contributed by atoms with Crippen LogP contribution in [0.15, 0.2) is 36.4 Å². The van der Waals surface area contributed by atoms with Crippen molar-refractivity contribution in [1.82, 2.24) is 0 Å². The summed E-state index contributed by atoms with van der Waals surface area (Å²) in [5.41, 5.74) is 4.62. The zero-order valence-electron chi connectivity index (χ0n) is 18.9. The molecule has 1 fully saturated rings. The normalized spacial score (nSPS) is 18.9. The number of nitrogens with one attached hydrogen (secondary N) is 2. The van der Waals surface area contributed by atoms with E-state index in [0.29, 0.717) is 6.54 Å². The number of fused-ring (bicyclic) bond motifs is 1. The quantitative estimate of drug-likeness (QED) is 0.748. The van der Waals surface area contributed by atoms with Crippen molar-refractivity contribution in [2.24, 2.45) is 5.92 Å². The maximum atomic E-state index is 12.7. The minimum absolute atomic E-state index is 0.0541. The SMILES string of the molecule is COc1cc2c(cc1OC)C[NH+](CC(=O)Nc1ccc(N3CCC(C)CC3)cc1)CC2. The molecule has 2 aromatic rings. The molecule has 2 aliphatic rings. The molecule has 1 amide bonds. The number of ether oxygens (including phenoxy) is 2. The first kappa shape index (κ1) is 21.5. The lowest BCUT2D eigenvalue weighted by Gasteiger charge is -2.32. The average Bonchev–Trinajstić information content (AvgIpc) is 2.79. The summed E-state index contributed by atoms with van der Waals surface area (Å²) in [7, 11) is 3.32. The van der Waals surface area contributed by atoms with Gasteiger partial charge < -0.3 is 24.6 Å². The molecule has 1 saturated heterocycles. The van der Waals surface area contributed by atoms with Crippen LogP contribution in [-0.4, -0.2) is 46.3 Å². The van der Waals surface area contributed by atoms with Crippen LogP contribution >= 0.6 is 0 Å². The van der Waals surface area contributed by atoms with Crippen LogP contribution in [0.25, 0.3) is 0 Å². The average molecular weight is 425 g/mol. The number of nitrogens with zero attached hydrogens (tertiary/aromatic N) is 1. The van der Waals surface area contributed by atoms with Crippen molar-refractivity contribution >= 4 is 17.3 Å². The molecule has 1 atom stereocenters. The zero-order chi connectivity index (χ0) is 21.8. The zero-order valence-corrected chi connectivity index (χ0v) is 18.9.